The number of methoxy groups -OCH3 is 1. The minimum absolute atomic E-state index is 0.0295. The second kappa shape index (κ2) is 12.9. The molecule has 11 heteroatoms. The van der Waals surface area contributed by atoms with Gasteiger partial charge in [0.1, 0.15) is 11.3 Å². The molecule has 5 heterocycles. The standard InChI is InChI=1S/C36H34FN7O3/c1-47-36(31(45)20-24-3-9-30-29(19-24)34(42-41-30)28-8-10-32(37)40-21-28)13-18-43(23-36)22-33(46)44-16-11-26(12-17-44)25-4-6-27(7-5-25)35-38-14-2-15-39-35/h2-11,14-15,19,21H,12-13,16-18,20,22-23H2,1H3,(H,41,42)/t36-/m0/s1. The number of pyridine rings is 1. The van der Waals surface area contributed by atoms with Crippen LogP contribution >= 0.6 is 0 Å². The van der Waals surface area contributed by atoms with E-state index < -0.39 is 11.5 Å². The van der Waals surface area contributed by atoms with Crippen LogP contribution in [0.5, 0.6) is 0 Å². The lowest BCUT2D eigenvalue weighted by molar-refractivity contribution is -0.140. The van der Waals surface area contributed by atoms with Gasteiger partial charge in [0.25, 0.3) is 0 Å². The van der Waals surface area contributed by atoms with Crippen LogP contribution in [0.3, 0.4) is 0 Å². The molecule has 7 rings (SSSR count). The first-order valence-corrected chi connectivity index (χ1v) is 15.7. The van der Waals surface area contributed by atoms with Gasteiger partial charge in [0, 0.05) is 74.8 Å². The smallest absolute Gasteiger partial charge is 0.237 e. The van der Waals surface area contributed by atoms with E-state index in [0.29, 0.717) is 49.7 Å². The molecule has 0 aliphatic carbocycles. The number of benzene rings is 2. The summed E-state index contributed by atoms with van der Waals surface area (Å²) in [6.07, 6.45) is 8.50. The number of hydrogen-bond acceptors (Lipinski definition) is 8. The van der Waals surface area contributed by atoms with Crippen molar-refractivity contribution in [1.82, 2.24) is 34.9 Å². The van der Waals surface area contributed by atoms with Crippen molar-refractivity contribution < 1.29 is 18.7 Å². The number of nitrogens with zero attached hydrogens (tertiary/aromatic N) is 6. The van der Waals surface area contributed by atoms with Crippen LogP contribution in [0.25, 0.3) is 39.1 Å². The summed E-state index contributed by atoms with van der Waals surface area (Å²) in [5.41, 5.74) is 5.29. The van der Waals surface area contributed by atoms with Crippen LogP contribution in [0.15, 0.2) is 85.3 Å². The molecule has 238 valence electrons. The van der Waals surface area contributed by atoms with E-state index in [9.17, 15) is 14.0 Å². The summed E-state index contributed by atoms with van der Waals surface area (Å²) >= 11 is 0. The molecule has 2 aromatic carbocycles. The normalized spacial score (nSPS) is 18.4. The van der Waals surface area contributed by atoms with Crippen LogP contribution in [0.2, 0.25) is 0 Å². The molecule has 2 aliphatic rings. The lowest BCUT2D eigenvalue weighted by atomic mass is 9.91. The largest absolute Gasteiger partial charge is 0.369 e. The van der Waals surface area contributed by atoms with E-state index in [1.54, 1.807) is 31.6 Å². The number of nitrogens with one attached hydrogen (secondary N) is 1. The topological polar surface area (TPSA) is 117 Å². The molecule has 10 nitrogen and oxygen atoms in total. The van der Waals surface area contributed by atoms with Crippen LogP contribution in [0.1, 0.15) is 24.0 Å². The quantitative estimate of drug-likeness (QED) is 0.232. The predicted molar refractivity (Wildman–Crippen MR) is 175 cm³/mol. The first-order valence-electron chi connectivity index (χ1n) is 15.7. The Labute approximate surface area is 271 Å². The number of aromatic amines is 1. The first kappa shape index (κ1) is 30.5. The minimum Gasteiger partial charge on any atom is -0.369 e. The fraction of sp³-hybridized carbons (Fsp3) is 0.278. The lowest BCUT2D eigenvalue weighted by Crippen LogP contribution is -2.46. The number of carbonyl (C=O) groups is 2. The number of halogens is 1. The number of ether oxygens (including phenoxy) is 1. The number of amides is 1. The maximum atomic E-state index is 13.7. The summed E-state index contributed by atoms with van der Waals surface area (Å²) in [6, 6.07) is 18.6. The fourth-order valence-corrected chi connectivity index (χ4v) is 6.49. The maximum Gasteiger partial charge on any atom is 0.237 e. The van der Waals surface area contributed by atoms with Crippen molar-refractivity contribution in [2.45, 2.75) is 24.9 Å². The number of hydrogen-bond donors (Lipinski definition) is 1. The number of aromatic nitrogens is 5. The summed E-state index contributed by atoms with van der Waals surface area (Å²) in [5.74, 6) is 0.152. The third-order valence-electron chi connectivity index (χ3n) is 9.20. The minimum atomic E-state index is -0.985. The van der Waals surface area contributed by atoms with Gasteiger partial charge >= 0.3 is 0 Å². The number of fused-ring (bicyclic) bond motifs is 1. The van der Waals surface area contributed by atoms with E-state index in [2.05, 4.69) is 43.4 Å². The molecule has 0 bridgehead atoms. The zero-order chi connectivity index (χ0) is 32.4. The molecule has 1 amide bonds. The lowest BCUT2D eigenvalue weighted by Gasteiger charge is -2.30. The second-order valence-electron chi connectivity index (χ2n) is 12.0. The van der Waals surface area contributed by atoms with Gasteiger partial charge in [-0.1, -0.05) is 36.4 Å². The Morgan fingerprint density at radius 2 is 1.77 bits per heavy atom. The van der Waals surface area contributed by atoms with Crippen molar-refractivity contribution in [2.75, 3.05) is 39.8 Å². The van der Waals surface area contributed by atoms with Gasteiger partial charge in [0.05, 0.1) is 12.1 Å². The highest BCUT2D eigenvalue weighted by molar-refractivity contribution is 5.95. The van der Waals surface area contributed by atoms with Gasteiger partial charge in [-0.3, -0.25) is 19.6 Å². The Kier molecular flexibility index (Phi) is 8.40. The molecule has 1 saturated heterocycles. The van der Waals surface area contributed by atoms with Crippen LogP contribution in [-0.2, 0) is 20.7 Å². The maximum absolute atomic E-state index is 13.7. The number of Topliss-reactive ketones (excluding diaryl/α,β-unsaturated/α-hetero) is 1. The molecule has 0 spiro atoms. The number of rotatable bonds is 9. The van der Waals surface area contributed by atoms with Gasteiger partial charge < -0.3 is 9.64 Å². The predicted octanol–water partition coefficient (Wildman–Crippen LogP) is 4.74. The molecule has 1 fully saturated rings. The zero-order valence-electron chi connectivity index (χ0n) is 26.0. The SMILES string of the molecule is CO[C@@]1(C(=O)Cc2ccc3[nH]nc(-c4ccc(F)nc4)c3c2)CCN(CC(=O)N2CC=C(c3ccc(-c4ncccn4)cc3)CC2)C1. The summed E-state index contributed by atoms with van der Waals surface area (Å²) in [4.78, 5) is 43.3. The van der Waals surface area contributed by atoms with E-state index >= 15 is 0 Å². The van der Waals surface area contributed by atoms with E-state index in [1.165, 1.54) is 17.8 Å². The van der Waals surface area contributed by atoms with Crippen molar-refractivity contribution in [3.8, 4) is 22.6 Å². The van der Waals surface area contributed by atoms with Gasteiger partial charge in [-0.05, 0) is 59.9 Å². The number of carbonyl (C=O) groups excluding carboxylic acids is 2. The van der Waals surface area contributed by atoms with Crippen molar-refractivity contribution in [2.24, 2.45) is 0 Å². The Hall–Kier alpha value is -5.13. The van der Waals surface area contributed by atoms with Gasteiger partial charge in [-0.25, -0.2) is 15.0 Å². The van der Waals surface area contributed by atoms with Crippen LogP contribution in [0.4, 0.5) is 4.39 Å². The van der Waals surface area contributed by atoms with Crippen LogP contribution in [-0.4, -0.2) is 92.1 Å². The van der Waals surface area contributed by atoms with E-state index in [1.807, 2.05) is 40.1 Å². The molecular formula is C36H34FN7O3. The van der Waals surface area contributed by atoms with E-state index in [-0.39, 0.29) is 24.7 Å². The zero-order valence-corrected chi connectivity index (χ0v) is 26.0. The summed E-state index contributed by atoms with van der Waals surface area (Å²) in [7, 11) is 1.57. The third kappa shape index (κ3) is 6.32. The molecule has 2 aliphatic heterocycles. The van der Waals surface area contributed by atoms with Crippen LogP contribution in [0, 0.1) is 5.95 Å². The molecule has 0 saturated carbocycles. The van der Waals surface area contributed by atoms with E-state index in [4.69, 9.17) is 4.74 Å². The van der Waals surface area contributed by atoms with Crippen molar-refractivity contribution in [1.29, 1.82) is 0 Å². The average Bonchev–Trinajstić information content (AvgIpc) is 3.74. The van der Waals surface area contributed by atoms with Gasteiger partial charge in [-0.15, -0.1) is 0 Å². The second-order valence-corrected chi connectivity index (χ2v) is 12.0. The Morgan fingerprint density at radius 1 is 0.979 bits per heavy atom. The van der Waals surface area contributed by atoms with Crippen molar-refractivity contribution in [3.63, 3.8) is 0 Å². The number of ketones is 1. The summed E-state index contributed by atoms with van der Waals surface area (Å²) in [5, 5.41) is 8.20. The summed E-state index contributed by atoms with van der Waals surface area (Å²) in [6.45, 7) is 2.39. The molecule has 1 atom stereocenters. The third-order valence-corrected chi connectivity index (χ3v) is 9.20. The highest BCUT2D eigenvalue weighted by Gasteiger charge is 2.45. The fourth-order valence-electron chi connectivity index (χ4n) is 6.49. The van der Waals surface area contributed by atoms with E-state index in [0.717, 1.165) is 34.0 Å². The van der Waals surface area contributed by atoms with Crippen molar-refractivity contribution >= 4 is 28.2 Å². The molecule has 1 N–H and O–H groups in total. The highest BCUT2D eigenvalue weighted by atomic mass is 19.1. The monoisotopic (exact) mass is 631 g/mol. The van der Waals surface area contributed by atoms with Gasteiger partial charge in [-0.2, -0.15) is 9.49 Å². The molecular weight excluding hydrogens is 597 g/mol. The Bertz CT molecular complexity index is 1940. The molecule has 47 heavy (non-hydrogen) atoms. The Morgan fingerprint density at radius 3 is 2.49 bits per heavy atom. The van der Waals surface area contributed by atoms with Gasteiger partial charge in [0.2, 0.25) is 11.9 Å². The molecule has 3 aromatic heterocycles. The highest BCUT2D eigenvalue weighted by Crippen LogP contribution is 2.31. The number of likely N-dealkylation sites (tertiary alicyclic amines) is 1. The van der Waals surface area contributed by atoms with Gasteiger partial charge in [0.15, 0.2) is 11.6 Å². The van der Waals surface area contributed by atoms with Crippen LogP contribution < -0.4 is 0 Å². The average molecular weight is 632 g/mol. The molecule has 5 aromatic rings. The first-order chi connectivity index (χ1) is 22.9. The number of H-pyrrole nitrogens is 1. The van der Waals surface area contributed by atoms with Crippen molar-refractivity contribution in [3.05, 3.63) is 102 Å². The molecule has 0 unspecified atom stereocenters. The molecule has 0 radical (unpaired) electrons. The Balaban J connectivity index is 0.960. The summed E-state index contributed by atoms with van der Waals surface area (Å²) < 4.78 is 19.2.